The number of rotatable bonds is 4. The van der Waals surface area contributed by atoms with E-state index in [9.17, 15) is 12.8 Å². The van der Waals surface area contributed by atoms with Crippen LogP contribution in [-0.2, 0) is 15.3 Å². The predicted octanol–water partition coefficient (Wildman–Crippen LogP) is 2.98. The molecule has 0 spiro atoms. The average Bonchev–Trinajstić information content (AvgIpc) is 2.73. The third-order valence-electron chi connectivity index (χ3n) is 3.89. The zero-order valence-electron chi connectivity index (χ0n) is 10.3. The summed E-state index contributed by atoms with van der Waals surface area (Å²) in [4.78, 5) is 0. The van der Waals surface area contributed by atoms with Crippen LogP contribution in [0.4, 0.5) is 4.39 Å². The third-order valence-corrected chi connectivity index (χ3v) is 6.61. The lowest BCUT2D eigenvalue weighted by Crippen LogP contribution is -2.40. The first-order valence-electron chi connectivity index (χ1n) is 6.02. The second-order valence-corrected chi connectivity index (χ2v) is 7.80. The minimum absolute atomic E-state index is 0.0724. The van der Waals surface area contributed by atoms with Gasteiger partial charge in [-0.05, 0) is 30.0 Å². The second kappa shape index (κ2) is 5.58. The van der Waals surface area contributed by atoms with E-state index in [0.29, 0.717) is 12.0 Å². The first-order chi connectivity index (χ1) is 8.93. The normalized spacial score (nSPS) is 22.6. The Hall–Kier alpha value is -0.320. The molecule has 1 aliphatic rings. The second-order valence-electron chi connectivity index (χ2n) is 5.03. The fourth-order valence-electron chi connectivity index (χ4n) is 2.67. The average molecular weight is 325 g/mol. The zero-order chi connectivity index (χ0) is 14.1. The lowest BCUT2D eigenvalue weighted by atomic mass is 9.73. The van der Waals surface area contributed by atoms with Gasteiger partial charge in [0.1, 0.15) is 5.82 Å². The summed E-state index contributed by atoms with van der Waals surface area (Å²) in [6, 6.07) is 6.11. The lowest BCUT2D eigenvalue weighted by molar-refractivity contribution is 0.359. The van der Waals surface area contributed by atoms with Gasteiger partial charge in [0, 0.05) is 17.2 Å². The van der Waals surface area contributed by atoms with Crippen LogP contribution in [0.5, 0.6) is 0 Å². The van der Waals surface area contributed by atoms with Crippen molar-refractivity contribution in [3.8, 4) is 0 Å². The van der Waals surface area contributed by atoms with Crippen molar-refractivity contribution in [3.05, 3.63) is 35.6 Å². The Labute approximate surface area is 122 Å². The van der Waals surface area contributed by atoms with Crippen LogP contribution in [0.1, 0.15) is 12.0 Å². The molecule has 19 heavy (non-hydrogen) atoms. The van der Waals surface area contributed by atoms with Gasteiger partial charge < -0.3 is 0 Å². The van der Waals surface area contributed by atoms with Crippen molar-refractivity contribution >= 4 is 33.0 Å². The summed E-state index contributed by atoms with van der Waals surface area (Å²) in [6.07, 6.45) is 0.526. The summed E-state index contributed by atoms with van der Waals surface area (Å²) in [6.45, 7) is 0. The Morgan fingerprint density at radius 3 is 2.47 bits per heavy atom. The molecule has 1 saturated heterocycles. The number of sulfone groups is 1. The molecule has 2 rings (SSSR count). The predicted molar refractivity (Wildman–Crippen MR) is 76.3 cm³/mol. The van der Waals surface area contributed by atoms with E-state index in [2.05, 4.69) is 0 Å². The van der Waals surface area contributed by atoms with E-state index < -0.39 is 15.3 Å². The Kier molecular flexibility index (Phi) is 4.43. The van der Waals surface area contributed by atoms with Gasteiger partial charge in [-0.3, -0.25) is 0 Å². The van der Waals surface area contributed by atoms with Gasteiger partial charge in [0.05, 0.1) is 11.5 Å². The summed E-state index contributed by atoms with van der Waals surface area (Å²) in [5.74, 6) is 0.0680. The van der Waals surface area contributed by atoms with E-state index in [1.807, 2.05) is 0 Å². The minimum Gasteiger partial charge on any atom is -0.229 e. The van der Waals surface area contributed by atoms with Crippen LogP contribution in [0.3, 0.4) is 0 Å². The lowest BCUT2D eigenvalue weighted by Gasteiger charge is -2.35. The molecule has 1 unspecified atom stereocenters. The van der Waals surface area contributed by atoms with Crippen LogP contribution in [0, 0.1) is 11.7 Å². The number of benzene rings is 1. The van der Waals surface area contributed by atoms with Crippen LogP contribution in [0.25, 0.3) is 0 Å². The molecule has 0 bridgehead atoms. The van der Waals surface area contributed by atoms with E-state index in [1.165, 1.54) is 12.1 Å². The van der Waals surface area contributed by atoms with Crippen molar-refractivity contribution in [2.45, 2.75) is 11.8 Å². The molecule has 0 amide bonds. The van der Waals surface area contributed by atoms with E-state index in [4.69, 9.17) is 23.2 Å². The van der Waals surface area contributed by atoms with Gasteiger partial charge in [-0.1, -0.05) is 12.1 Å². The van der Waals surface area contributed by atoms with E-state index in [-0.39, 0.29) is 35.0 Å². The molecule has 106 valence electrons. The highest BCUT2D eigenvalue weighted by atomic mass is 35.5. The first kappa shape index (κ1) is 15.1. The van der Waals surface area contributed by atoms with Gasteiger partial charge in [0.15, 0.2) is 9.84 Å². The highest BCUT2D eigenvalue weighted by molar-refractivity contribution is 7.91. The molecule has 0 N–H and O–H groups in total. The Bertz CT molecular complexity index is 556. The fourth-order valence-corrected chi connectivity index (χ4v) is 5.61. The summed E-state index contributed by atoms with van der Waals surface area (Å²) in [5.41, 5.74) is -0.00555. The summed E-state index contributed by atoms with van der Waals surface area (Å²) < 4.78 is 36.7. The molecule has 0 aromatic heterocycles. The van der Waals surface area contributed by atoms with Crippen molar-refractivity contribution in [3.63, 3.8) is 0 Å². The Morgan fingerprint density at radius 2 is 2.00 bits per heavy atom. The van der Waals surface area contributed by atoms with Crippen LogP contribution in [0.2, 0.25) is 0 Å². The molecule has 1 fully saturated rings. The number of alkyl halides is 2. The van der Waals surface area contributed by atoms with E-state index in [0.717, 1.165) is 0 Å². The summed E-state index contributed by atoms with van der Waals surface area (Å²) in [5, 5.41) is 0. The van der Waals surface area contributed by atoms with Gasteiger partial charge >= 0.3 is 0 Å². The zero-order valence-corrected chi connectivity index (χ0v) is 12.6. The van der Waals surface area contributed by atoms with Crippen molar-refractivity contribution in [2.75, 3.05) is 23.3 Å². The summed E-state index contributed by atoms with van der Waals surface area (Å²) in [7, 11) is -3.03. The standard InChI is InChI=1S/C13H15Cl2FO2S/c14-8-13(9-15,10-2-1-3-12(16)6-10)11-4-5-19(17,18)7-11/h1-3,6,11H,4-5,7-9H2. The minimum atomic E-state index is -3.03. The molecule has 0 aliphatic carbocycles. The van der Waals surface area contributed by atoms with Gasteiger partial charge in [0.2, 0.25) is 0 Å². The smallest absolute Gasteiger partial charge is 0.150 e. The molecule has 1 heterocycles. The van der Waals surface area contributed by atoms with Gasteiger partial charge in [-0.25, -0.2) is 12.8 Å². The molecule has 1 aromatic carbocycles. The molecule has 1 aromatic rings. The molecule has 2 nitrogen and oxygen atoms in total. The Morgan fingerprint density at radius 1 is 1.32 bits per heavy atom. The summed E-state index contributed by atoms with van der Waals surface area (Å²) >= 11 is 12.2. The number of hydrogen-bond acceptors (Lipinski definition) is 2. The Balaban J connectivity index is 2.43. The maximum absolute atomic E-state index is 13.4. The first-order valence-corrected chi connectivity index (χ1v) is 8.91. The van der Waals surface area contributed by atoms with Crippen molar-refractivity contribution < 1.29 is 12.8 Å². The van der Waals surface area contributed by atoms with Crippen LogP contribution < -0.4 is 0 Å². The molecule has 1 aliphatic heterocycles. The SMILES string of the molecule is O=S1(=O)CCC(C(CCl)(CCl)c2cccc(F)c2)C1. The monoisotopic (exact) mass is 324 g/mol. The van der Waals surface area contributed by atoms with Gasteiger partial charge in [0.25, 0.3) is 0 Å². The molecular weight excluding hydrogens is 310 g/mol. The number of halogens is 3. The maximum Gasteiger partial charge on any atom is 0.150 e. The highest BCUT2D eigenvalue weighted by Crippen LogP contribution is 2.41. The molecule has 1 atom stereocenters. The molecule has 0 radical (unpaired) electrons. The van der Waals surface area contributed by atoms with Crippen molar-refractivity contribution in [1.82, 2.24) is 0 Å². The van der Waals surface area contributed by atoms with Crippen LogP contribution >= 0.6 is 23.2 Å². The van der Waals surface area contributed by atoms with Gasteiger partial charge in [-0.2, -0.15) is 0 Å². The van der Waals surface area contributed by atoms with E-state index in [1.54, 1.807) is 12.1 Å². The number of hydrogen-bond donors (Lipinski definition) is 0. The van der Waals surface area contributed by atoms with Crippen LogP contribution in [-0.4, -0.2) is 31.7 Å². The fraction of sp³-hybridized carbons (Fsp3) is 0.538. The topological polar surface area (TPSA) is 34.1 Å². The van der Waals surface area contributed by atoms with Crippen molar-refractivity contribution in [2.24, 2.45) is 5.92 Å². The third kappa shape index (κ3) is 2.91. The highest BCUT2D eigenvalue weighted by Gasteiger charge is 2.45. The maximum atomic E-state index is 13.4. The van der Waals surface area contributed by atoms with Crippen molar-refractivity contribution in [1.29, 1.82) is 0 Å². The van der Waals surface area contributed by atoms with Crippen LogP contribution in [0.15, 0.2) is 24.3 Å². The molecule has 6 heteroatoms. The largest absolute Gasteiger partial charge is 0.229 e. The van der Waals surface area contributed by atoms with E-state index >= 15 is 0 Å². The quantitative estimate of drug-likeness (QED) is 0.798. The molecule has 0 saturated carbocycles. The van der Waals surface area contributed by atoms with Gasteiger partial charge in [-0.15, -0.1) is 23.2 Å². The molecular formula is C13H15Cl2FO2S.